The molecule has 1 amide bonds. The van der Waals surface area contributed by atoms with Crippen LogP contribution in [0.25, 0.3) is 0 Å². The fourth-order valence-electron chi connectivity index (χ4n) is 2.72. The van der Waals surface area contributed by atoms with Gasteiger partial charge in [0.15, 0.2) is 0 Å². The van der Waals surface area contributed by atoms with Crippen LogP contribution in [0, 0.1) is 13.8 Å². The fraction of sp³-hybridized carbons (Fsp3) is 0.500. The standard InChI is InChI=1S/C20H26F3N3O2S/c1-14-18(15(2)28-24-14)12-29-13-19(27)26(9-8-25(3)4)11-16-6-5-7-17(10-16)20(21,22)23/h5-7,10H,8-9,11-13H2,1-4H3. The van der Waals surface area contributed by atoms with E-state index in [1.165, 1.54) is 17.8 Å². The minimum absolute atomic E-state index is 0.110. The molecule has 0 N–H and O–H groups in total. The number of alkyl halides is 3. The summed E-state index contributed by atoms with van der Waals surface area (Å²) in [5.41, 5.74) is 1.53. The Labute approximate surface area is 173 Å². The molecule has 0 aliphatic carbocycles. The van der Waals surface area contributed by atoms with E-state index in [-0.39, 0.29) is 18.2 Å². The van der Waals surface area contributed by atoms with Gasteiger partial charge in [0, 0.05) is 31.0 Å². The summed E-state index contributed by atoms with van der Waals surface area (Å²) >= 11 is 1.44. The normalized spacial score (nSPS) is 11.9. The molecule has 0 atom stereocenters. The van der Waals surface area contributed by atoms with Gasteiger partial charge in [0.25, 0.3) is 0 Å². The molecular weight excluding hydrogens is 403 g/mol. The highest BCUT2D eigenvalue weighted by atomic mass is 32.2. The molecule has 5 nitrogen and oxygen atoms in total. The van der Waals surface area contributed by atoms with Gasteiger partial charge in [0.2, 0.25) is 5.91 Å². The SMILES string of the molecule is Cc1noc(C)c1CSCC(=O)N(CCN(C)C)Cc1cccc(C(F)(F)F)c1. The van der Waals surface area contributed by atoms with E-state index in [2.05, 4.69) is 5.16 Å². The van der Waals surface area contributed by atoms with E-state index in [1.807, 2.05) is 32.8 Å². The minimum atomic E-state index is -4.40. The van der Waals surface area contributed by atoms with E-state index in [4.69, 9.17) is 4.52 Å². The fourth-order valence-corrected chi connectivity index (χ4v) is 3.79. The number of aromatic nitrogens is 1. The molecule has 0 spiro atoms. The highest BCUT2D eigenvalue weighted by Gasteiger charge is 2.30. The van der Waals surface area contributed by atoms with Gasteiger partial charge in [-0.15, -0.1) is 11.8 Å². The number of halogens is 3. The van der Waals surface area contributed by atoms with Crippen molar-refractivity contribution in [2.24, 2.45) is 0 Å². The summed E-state index contributed by atoms with van der Waals surface area (Å²) in [6.45, 7) is 4.88. The smallest absolute Gasteiger partial charge is 0.361 e. The summed E-state index contributed by atoms with van der Waals surface area (Å²) in [6.07, 6.45) is -4.40. The second-order valence-corrected chi connectivity index (χ2v) is 8.10. The number of carbonyl (C=O) groups is 1. The lowest BCUT2D eigenvalue weighted by Crippen LogP contribution is -2.37. The molecule has 29 heavy (non-hydrogen) atoms. The highest BCUT2D eigenvalue weighted by molar-refractivity contribution is 7.99. The van der Waals surface area contributed by atoms with Crippen LogP contribution >= 0.6 is 11.8 Å². The van der Waals surface area contributed by atoms with E-state index < -0.39 is 11.7 Å². The van der Waals surface area contributed by atoms with Gasteiger partial charge in [-0.3, -0.25) is 4.79 Å². The van der Waals surface area contributed by atoms with Crippen molar-refractivity contribution in [2.45, 2.75) is 32.3 Å². The number of nitrogens with zero attached hydrogens (tertiary/aromatic N) is 3. The van der Waals surface area contributed by atoms with Crippen LogP contribution < -0.4 is 0 Å². The lowest BCUT2D eigenvalue weighted by molar-refractivity contribution is -0.137. The Bertz CT molecular complexity index is 802. The van der Waals surface area contributed by atoms with Crippen molar-refractivity contribution in [1.29, 1.82) is 0 Å². The Morgan fingerprint density at radius 2 is 1.93 bits per heavy atom. The van der Waals surface area contributed by atoms with Crippen LogP contribution in [0.2, 0.25) is 0 Å². The average Bonchev–Trinajstić information content (AvgIpc) is 2.96. The first-order valence-corrected chi connectivity index (χ1v) is 10.3. The van der Waals surface area contributed by atoms with Crippen LogP contribution in [-0.4, -0.2) is 53.8 Å². The molecule has 0 unspecified atom stereocenters. The molecule has 0 fully saturated rings. The van der Waals surface area contributed by atoms with E-state index in [9.17, 15) is 18.0 Å². The number of thioether (sulfide) groups is 1. The van der Waals surface area contributed by atoms with Gasteiger partial charge >= 0.3 is 6.18 Å². The highest BCUT2D eigenvalue weighted by Crippen LogP contribution is 2.30. The number of rotatable bonds is 9. The Morgan fingerprint density at radius 1 is 1.21 bits per heavy atom. The van der Waals surface area contributed by atoms with E-state index in [1.54, 1.807) is 11.0 Å². The number of amides is 1. The summed E-state index contributed by atoms with van der Waals surface area (Å²) in [4.78, 5) is 16.3. The largest absolute Gasteiger partial charge is 0.416 e. The third-order valence-electron chi connectivity index (χ3n) is 4.45. The summed E-state index contributed by atoms with van der Waals surface area (Å²) in [5, 5.41) is 3.90. The molecule has 1 heterocycles. The topological polar surface area (TPSA) is 49.6 Å². The first-order valence-electron chi connectivity index (χ1n) is 9.16. The van der Waals surface area contributed by atoms with Crippen molar-refractivity contribution in [3.63, 3.8) is 0 Å². The number of hydrogen-bond acceptors (Lipinski definition) is 5. The van der Waals surface area contributed by atoms with Crippen molar-refractivity contribution in [3.05, 3.63) is 52.4 Å². The quantitative estimate of drug-likeness (QED) is 0.600. The molecule has 9 heteroatoms. The van der Waals surface area contributed by atoms with Gasteiger partial charge in [0.1, 0.15) is 5.76 Å². The van der Waals surface area contributed by atoms with Gasteiger partial charge in [-0.05, 0) is 45.6 Å². The monoisotopic (exact) mass is 429 g/mol. The number of hydrogen-bond donors (Lipinski definition) is 0. The number of likely N-dealkylation sites (N-methyl/N-ethyl adjacent to an activating group) is 1. The zero-order valence-corrected chi connectivity index (χ0v) is 17.9. The third kappa shape index (κ3) is 7.08. The van der Waals surface area contributed by atoms with Crippen LogP contribution in [0.3, 0.4) is 0 Å². The summed E-state index contributed by atoms with van der Waals surface area (Å²) in [6, 6.07) is 5.13. The zero-order valence-electron chi connectivity index (χ0n) is 17.0. The molecule has 1 aromatic heterocycles. The van der Waals surface area contributed by atoms with Gasteiger partial charge in [-0.2, -0.15) is 13.2 Å². The average molecular weight is 430 g/mol. The molecule has 0 aliphatic heterocycles. The van der Waals surface area contributed by atoms with E-state index in [0.29, 0.717) is 24.4 Å². The van der Waals surface area contributed by atoms with Crippen LogP contribution in [-0.2, 0) is 23.3 Å². The summed E-state index contributed by atoms with van der Waals surface area (Å²) in [7, 11) is 3.78. The van der Waals surface area contributed by atoms with Crippen LogP contribution in [0.15, 0.2) is 28.8 Å². The maximum Gasteiger partial charge on any atom is 0.416 e. The minimum Gasteiger partial charge on any atom is -0.361 e. The maximum absolute atomic E-state index is 13.0. The van der Waals surface area contributed by atoms with Crippen LogP contribution in [0.1, 0.15) is 28.1 Å². The molecule has 0 radical (unpaired) electrons. The van der Waals surface area contributed by atoms with E-state index in [0.717, 1.165) is 29.2 Å². The molecule has 1 aromatic carbocycles. The summed E-state index contributed by atoms with van der Waals surface area (Å²) in [5.74, 6) is 1.45. The van der Waals surface area contributed by atoms with Gasteiger partial charge in [-0.25, -0.2) is 0 Å². The number of benzene rings is 1. The molecule has 0 bridgehead atoms. The van der Waals surface area contributed by atoms with Crippen molar-refractivity contribution in [3.8, 4) is 0 Å². The molecule has 0 saturated heterocycles. The third-order valence-corrected chi connectivity index (χ3v) is 5.39. The van der Waals surface area contributed by atoms with Gasteiger partial charge in [0.05, 0.1) is 17.0 Å². The first kappa shape index (κ1) is 23.3. The Kier molecular flexibility index (Phi) is 8.15. The molecule has 2 aromatic rings. The van der Waals surface area contributed by atoms with Crippen molar-refractivity contribution in [2.75, 3.05) is 32.9 Å². The second-order valence-electron chi connectivity index (χ2n) is 7.11. The lowest BCUT2D eigenvalue weighted by Gasteiger charge is -2.25. The zero-order chi connectivity index (χ0) is 21.6. The van der Waals surface area contributed by atoms with Crippen LogP contribution in [0.5, 0.6) is 0 Å². The van der Waals surface area contributed by atoms with Gasteiger partial charge < -0.3 is 14.3 Å². The molecular formula is C20H26F3N3O2S. The predicted octanol–water partition coefficient (Wildman–Crippen LogP) is 4.13. The van der Waals surface area contributed by atoms with E-state index >= 15 is 0 Å². The Morgan fingerprint density at radius 3 is 2.52 bits per heavy atom. The molecule has 0 saturated carbocycles. The lowest BCUT2D eigenvalue weighted by atomic mass is 10.1. The van der Waals surface area contributed by atoms with Gasteiger partial charge in [-0.1, -0.05) is 17.3 Å². The molecule has 0 aliphatic rings. The number of carbonyl (C=O) groups excluding carboxylic acids is 1. The predicted molar refractivity (Wildman–Crippen MR) is 108 cm³/mol. The van der Waals surface area contributed by atoms with Crippen molar-refractivity contribution in [1.82, 2.24) is 15.0 Å². The molecule has 160 valence electrons. The van der Waals surface area contributed by atoms with Crippen molar-refractivity contribution < 1.29 is 22.5 Å². The van der Waals surface area contributed by atoms with Crippen molar-refractivity contribution >= 4 is 17.7 Å². The number of aryl methyl sites for hydroxylation is 2. The first-order chi connectivity index (χ1) is 13.6. The Balaban J connectivity index is 2.04. The Hall–Kier alpha value is -2.00. The maximum atomic E-state index is 13.0. The second kappa shape index (κ2) is 10.2. The summed E-state index contributed by atoms with van der Waals surface area (Å²) < 4.78 is 44.1. The molecule has 2 rings (SSSR count). The van der Waals surface area contributed by atoms with Crippen LogP contribution in [0.4, 0.5) is 13.2 Å².